The minimum Gasteiger partial charge on any atom is -0.476 e. The number of aromatic nitrogens is 4. The third-order valence-corrected chi connectivity index (χ3v) is 11.9. The molecule has 5 aromatic rings. The van der Waals surface area contributed by atoms with Gasteiger partial charge >= 0.3 is 5.97 Å². The average molecular weight is 854 g/mol. The van der Waals surface area contributed by atoms with Crippen LogP contribution in [0.5, 0.6) is 0 Å². The third kappa shape index (κ3) is 8.27. The lowest BCUT2D eigenvalue weighted by atomic mass is 9.94. The number of benzene rings is 3. The fourth-order valence-corrected chi connectivity index (χ4v) is 8.27. The van der Waals surface area contributed by atoms with Crippen molar-refractivity contribution in [2.24, 2.45) is 0 Å². The number of nitrogens with zero attached hydrogens (tertiary/aromatic N) is 8. The molecule has 0 saturated carbocycles. The molecule has 310 valence electrons. The number of amides is 2. The van der Waals surface area contributed by atoms with Crippen LogP contribution >= 0.6 is 23.2 Å². The highest BCUT2D eigenvalue weighted by molar-refractivity contribution is 6.42. The Labute approximate surface area is 356 Å². The molecule has 0 radical (unpaired) electrons. The monoisotopic (exact) mass is 852 g/mol. The molecule has 0 spiro atoms. The molecule has 60 heavy (non-hydrogen) atoms. The van der Waals surface area contributed by atoms with Crippen LogP contribution in [0.25, 0.3) is 0 Å². The predicted molar refractivity (Wildman–Crippen MR) is 229 cm³/mol. The Morgan fingerprint density at radius 3 is 1.97 bits per heavy atom. The summed E-state index contributed by atoms with van der Waals surface area (Å²) in [5.74, 6) is -0.135. The molecule has 2 fully saturated rings. The first-order valence-corrected chi connectivity index (χ1v) is 20.3. The first kappa shape index (κ1) is 40.5. The number of piperazine rings is 2. The first-order chi connectivity index (χ1) is 28.9. The van der Waals surface area contributed by atoms with Crippen molar-refractivity contribution in [3.8, 4) is 0 Å². The van der Waals surface area contributed by atoms with E-state index in [1.807, 2.05) is 28.6 Å². The zero-order chi connectivity index (χ0) is 42.1. The fourth-order valence-electron chi connectivity index (χ4n) is 7.96. The van der Waals surface area contributed by atoms with Crippen molar-refractivity contribution in [2.45, 2.75) is 26.4 Å². The van der Waals surface area contributed by atoms with Crippen molar-refractivity contribution in [3.63, 3.8) is 0 Å². The number of nitrogens with one attached hydrogen (secondary N) is 2. The molecule has 9 rings (SSSR count). The van der Waals surface area contributed by atoms with Crippen molar-refractivity contribution in [3.05, 3.63) is 141 Å². The van der Waals surface area contributed by atoms with Crippen LogP contribution in [0.1, 0.15) is 35.9 Å². The number of carboxylic acid groups (broad SMARTS) is 1. The van der Waals surface area contributed by atoms with Gasteiger partial charge in [0.2, 0.25) is 0 Å². The van der Waals surface area contributed by atoms with E-state index in [1.165, 1.54) is 28.6 Å². The molecule has 0 bridgehead atoms. The molecule has 2 saturated heterocycles. The summed E-state index contributed by atoms with van der Waals surface area (Å²) in [6.45, 7) is 9.61. The summed E-state index contributed by atoms with van der Waals surface area (Å²) in [5, 5.41) is 25.1. The van der Waals surface area contributed by atoms with Crippen LogP contribution in [0.15, 0.2) is 114 Å². The molecule has 1 atom stereocenters. The van der Waals surface area contributed by atoms with Crippen LogP contribution in [-0.2, 0) is 16.1 Å². The van der Waals surface area contributed by atoms with Crippen molar-refractivity contribution >= 4 is 64.0 Å². The minimum absolute atomic E-state index is 0.119. The number of hydrogen-bond acceptors (Lipinski definition) is 9. The molecule has 6 heterocycles. The molecule has 2 amide bonds. The van der Waals surface area contributed by atoms with Gasteiger partial charge in [0.05, 0.1) is 33.9 Å². The summed E-state index contributed by atoms with van der Waals surface area (Å²) in [6, 6.07) is 24.4. The smallest absolute Gasteiger partial charge is 0.356 e. The Kier molecular flexibility index (Phi) is 11.5. The van der Waals surface area contributed by atoms with E-state index in [9.17, 15) is 23.9 Å². The minimum atomic E-state index is -1.17. The summed E-state index contributed by atoms with van der Waals surface area (Å²) in [4.78, 5) is 46.5. The molecule has 4 aliphatic heterocycles. The second-order valence-corrected chi connectivity index (χ2v) is 15.7. The maximum atomic E-state index is 13.9. The van der Waals surface area contributed by atoms with E-state index in [2.05, 4.69) is 54.9 Å². The summed E-state index contributed by atoms with van der Waals surface area (Å²) in [7, 11) is 0. The van der Waals surface area contributed by atoms with Gasteiger partial charge in [0.1, 0.15) is 23.5 Å². The standard InChI is InChI=1S/C25H22Cl2FN5O3.C18H21N5O/c1-14-22(24(34)32-10-8-31(9-11-32)17-5-3-16(28)4-6-17)23(15-2-7-18(26)19(27)12-15)33-21(29-14)13-20(30-33)25(35)36;1-14-16(13-23-17(20-14)7-8-19-23)18(24)22-11-9-21(10-12-22)15-5-3-2-4-6-15/h2-7,12-13,23,29H,8-11H2,1H3,(H,35,36);2-8,20H,9-13H2,1H3. The Bertz CT molecular complexity index is 2490. The Morgan fingerprint density at radius 1 is 0.717 bits per heavy atom. The number of halogens is 3. The highest BCUT2D eigenvalue weighted by atomic mass is 35.5. The van der Waals surface area contributed by atoms with Crippen LogP contribution < -0.4 is 20.4 Å². The van der Waals surface area contributed by atoms with Crippen molar-refractivity contribution < 1.29 is 23.9 Å². The van der Waals surface area contributed by atoms with E-state index in [0.29, 0.717) is 65.4 Å². The van der Waals surface area contributed by atoms with Gasteiger partial charge in [-0.1, -0.05) is 47.5 Å². The van der Waals surface area contributed by atoms with E-state index < -0.39 is 12.0 Å². The quantitative estimate of drug-likeness (QED) is 0.171. The van der Waals surface area contributed by atoms with Gasteiger partial charge in [-0.25, -0.2) is 18.5 Å². The average Bonchev–Trinajstić information content (AvgIpc) is 3.91. The van der Waals surface area contributed by atoms with Crippen molar-refractivity contribution in [1.82, 2.24) is 29.4 Å². The van der Waals surface area contributed by atoms with Gasteiger partial charge in [-0.05, 0) is 67.9 Å². The summed E-state index contributed by atoms with van der Waals surface area (Å²) in [5.41, 5.74) is 5.40. The largest absolute Gasteiger partial charge is 0.476 e. The van der Waals surface area contributed by atoms with E-state index in [1.54, 1.807) is 48.4 Å². The zero-order valence-electron chi connectivity index (χ0n) is 33.0. The van der Waals surface area contributed by atoms with Crippen LogP contribution in [-0.4, -0.2) is 105 Å². The lowest BCUT2D eigenvalue weighted by Gasteiger charge is -2.38. The number of carbonyl (C=O) groups is 3. The number of hydrogen-bond donors (Lipinski definition) is 3. The van der Waals surface area contributed by atoms with Gasteiger partial charge in [0.15, 0.2) is 5.69 Å². The van der Waals surface area contributed by atoms with Gasteiger partial charge in [-0.15, -0.1) is 0 Å². The van der Waals surface area contributed by atoms with E-state index in [0.717, 1.165) is 49.0 Å². The number of allylic oxidation sites excluding steroid dienone is 2. The van der Waals surface area contributed by atoms with E-state index in [-0.39, 0.29) is 23.3 Å². The molecule has 17 heteroatoms. The van der Waals surface area contributed by atoms with Crippen LogP contribution in [0.3, 0.4) is 0 Å². The first-order valence-electron chi connectivity index (χ1n) is 19.6. The number of aromatic carboxylic acids is 1. The highest BCUT2D eigenvalue weighted by Crippen LogP contribution is 2.39. The van der Waals surface area contributed by atoms with Crippen LogP contribution in [0.2, 0.25) is 10.0 Å². The van der Waals surface area contributed by atoms with Gasteiger partial charge in [-0.3, -0.25) is 9.59 Å². The summed E-state index contributed by atoms with van der Waals surface area (Å²) < 4.78 is 16.6. The summed E-state index contributed by atoms with van der Waals surface area (Å²) >= 11 is 12.4. The second kappa shape index (κ2) is 17.1. The molecule has 2 aromatic heterocycles. The normalized spacial score (nSPS) is 17.6. The third-order valence-electron chi connectivity index (χ3n) is 11.2. The number of fused-ring (bicyclic) bond motifs is 2. The second-order valence-electron chi connectivity index (χ2n) is 14.9. The molecule has 4 aliphatic rings. The van der Waals surface area contributed by atoms with E-state index in [4.69, 9.17) is 23.2 Å². The molecule has 0 aliphatic carbocycles. The molecular formula is C43H43Cl2FN10O4. The molecule has 3 N–H and O–H groups in total. The predicted octanol–water partition coefficient (Wildman–Crippen LogP) is 6.60. The van der Waals surface area contributed by atoms with Crippen LogP contribution in [0.4, 0.5) is 27.4 Å². The Balaban J connectivity index is 0.000000180. The van der Waals surface area contributed by atoms with Crippen molar-refractivity contribution in [1.29, 1.82) is 0 Å². The topological polar surface area (TPSA) is 144 Å². The number of rotatable bonds is 6. The molecule has 1 unspecified atom stereocenters. The van der Waals surface area contributed by atoms with Gasteiger partial charge in [0, 0.05) is 87.3 Å². The number of carboxylic acids is 1. The molecule has 14 nitrogen and oxygen atoms in total. The van der Waals surface area contributed by atoms with Gasteiger partial charge in [-0.2, -0.15) is 10.2 Å². The SMILES string of the molecule is CC1=C(C(=O)N2CCN(c3ccc(F)cc3)CC2)C(c2ccc(Cl)c(Cl)c2)n2nc(C(=O)O)cc2N1.CC1=C(C(=O)N2CCN(c3ccccc3)CC2)Cn2nccc2N1. The summed E-state index contributed by atoms with van der Waals surface area (Å²) in [6.07, 6.45) is 1.75. The molecular weight excluding hydrogens is 810 g/mol. The zero-order valence-corrected chi connectivity index (χ0v) is 34.5. The Morgan fingerprint density at radius 2 is 1.33 bits per heavy atom. The maximum absolute atomic E-state index is 13.9. The van der Waals surface area contributed by atoms with Crippen LogP contribution in [0, 0.1) is 5.82 Å². The lowest BCUT2D eigenvalue weighted by Crippen LogP contribution is -2.50. The van der Waals surface area contributed by atoms with Gasteiger partial charge in [0.25, 0.3) is 11.8 Å². The van der Waals surface area contributed by atoms with Gasteiger partial charge < -0.3 is 35.3 Å². The fraction of sp³-hybridized carbons (Fsp3) is 0.279. The highest BCUT2D eigenvalue weighted by Gasteiger charge is 2.37. The maximum Gasteiger partial charge on any atom is 0.356 e. The number of para-hydroxylation sites is 1. The van der Waals surface area contributed by atoms with E-state index >= 15 is 0 Å². The number of anilines is 4. The lowest BCUT2D eigenvalue weighted by molar-refractivity contribution is -0.128. The molecule has 3 aromatic carbocycles. The number of carbonyl (C=O) groups excluding carboxylic acids is 2. The Hall–Kier alpha value is -6.32. The van der Waals surface area contributed by atoms with Crippen molar-refractivity contribution in [2.75, 3.05) is 72.8 Å².